The van der Waals surface area contributed by atoms with E-state index in [1.807, 2.05) is 17.5 Å². The summed E-state index contributed by atoms with van der Waals surface area (Å²) >= 11 is 1.62. The molecular formula is C17H18N2O3S. The van der Waals surface area contributed by atoms with Crippen LogP contribution in [-0.2, 0) is 0 Å². The van der Waals surface area contributed by atoms with Gasteiger partial charge in [-0.2, -0.15) is 0 Å². The van der Waals surface area contributed by atoms with E-state index in [-0.39, 0.29) is 23.2 Å². The number of hydrogen-bond donors (Lipinski definition) is 1. The Morgan fingerprint density at radius 2 is 1.96 bits per heavy atom. The second-order valence-corrected chi connectivity index (χ2v) is 6.76. The summed E-state index contributed by atoms with van der Waals surface area (Å²) in [5.74, 6) is 0.0305. The minimum atomic E-state index is -0.509. The van der Waals surface area contributed by atoms with Crippen LogP contribution in [0.5, 0.6) is 0 Å². The summed E-state index contributed by atoms with van der Waals surface area (Å²) in [5.41, 5.74) is -0.0293. The van der Waals surface area contributed by atoms with Gasteiger partial charge in [-0.1, -0.05) is 31.0 Å². The lowest BCUT2D eigenvalue weighted by molar-refractivity contribution is -0.385. The van der Waals surface area contributed by atoms with Crippen LogP contribution in [0.4, 0.5) is 5.69 Å². The fourth-order valence-electron chi connectivity index (χ4n) is 3.22. The lowest BCUT2D eigenvalue weighted by Crippen LogP contribution is -2.32. The molecule has 0 saturated heterocycles. The van der Waals surface area contributed by atoms with E-state index in [9.17, 15) is 14.9 Å². The van der Waals surface area contributed by atoms with Gasteiger partial charge in [0.25, 0.3) is 11.6 Å². The van der Waals surface area contributed by atoms with Crippen LogP contribution in [0.2, 0.25) is 0 Å². The fraction of sp³-hybridized carbons (Fsp3) is 0.353. The van der Waals surface area contributed by atoms with Gasteiger partial charge in [0.2, 0.25) is 0 Å². The third kappa shape index (κ3) is 3.42. The van der Waals surface area contributed by atoms with E-state index in [4.69, 9.17) is 0 Å². The molecule has 1 fully saturated rings. The first-order valence-electron chi connectivity index (χ1n) is 7.74. The molecule has 1 amide bonds. The predicted octanol–water partition coefficient (Wildman–Crippen LogP) is 4.32. The van der Waals surface area contributed by atoms with Crippen molar-refractivity contribution < 1.29 is 9.72 Å². The van der Waals surface area contributed by atoms with E-state index in [1.165, 1.54) is 25.0 Å². The molecule has 1 aliphatic carbocycles. The first kappa shape index (κ1) is 15.7. The van der Waals surface area contributed by atoms with Crippen LogP contribution in [-0.4, -0.2) is 10.8 Å². The third-order valence-electron chi connectivity index (χ3n) is 4.35. The summed E-state index contributed by atoms with van der Waals surface area (Å²) in [5, 5.41) is 16.2. The van der Waals surface area contributed by atoms with Crippen molar-refractivity contribution in [3.63, 3.8) is 0 Å². The highest BCUT2D eigenvalue weighted by Gasteiger charge is 2.30. The first-order chi connectivity index (χ1) is 11.2. The van der Waals surface area contributed by atoms with Crippen LogP contribution in [0.25, 0.3) is 0 Å². The molecule has 0 radical (unpaired) electrons. The molecule has 0 spiro atoms. The Labute approximate surface area is 138 Å². The Kier molecular flexibility index (Phi) is 4.71. The smallest absolute Gasteiger partial charge is 0.282 e. The molecule has 120 valence electrons. The van der Waals surface area contributed by atoms with Crippen LogP contribution in [0.1, 0.15) is 47.0 Å². The van der Waals surface area contributed by atoms with E-state index in [1.54, 1.807) is 23.5 Å². The van der Waals surface area contributed by atoms with Crippen molar-refractivity contribution in [2.75, 3.05) is 0 Å². The second kappa shape index (κ2) is 6.91. The largest absolute Gasteiger partial charge is 0.344 e. The van der Waals surface area contributed by atoms with Gasteiger partial charge in [-0.05, 0) is 36.3 Å². The second-order valence-electron chi connectivity index (χ2n) is 5.79. The van der Waals surface area contributed by atoms with E-state index in [2.05, 4.69) is 5.32 Å². The molecular weight excluding hydrogens is 312 g/mol. The Morgan fingerprint density at radius 3 is 2.61 bits per heavy atom. The molecule has 1 heterocycles. The number of carbonyl (C=O) groups excluding carboxylic acids is 1. The Balaban J connectivity index is 1.85. The summed E-state index contributed by atoms with van der Waals surface area (Å²) in [4.78, 5) is 24.4. The normalized spacial score (nSPS) is 16.2. The van der Waals surface area contributed by atoms with Crippen LogP contribution in [0.3, 0.4) is 0 Å². The van der Waals surface area contributed by atoms with E-state index < -0.39 is 4.92 Å². The molecule has 1 aromatic heterocycles. The van der Waals surface area contributed by atoms with Crippen LogP contribution < -0.4 is 5.32 Å². The number of benzene rings is 1. The molecule has 3 rings (SSSR count). The van der Waals surface area contributed by atoms with E-state index in [0.29, 0.717) is 5.92 Å². The van der Waals surface area contributed by atoms with Gasteiger partial charge in [0.15, 0.2) is 0 Å². The Bertz CT molecular complexity index is 694. The fourth-order valence-corrected chi connectivity index (χ4v) is 4.09. The van der Waals surface area contributed by atoms with Crippen LogP contribution in [0, 0.1) is 16.0 Å². The maximum absolute atomic E-state index is 12.6. The number of nitrogens with zero attached hydrogens (tertiary/aromatic N) is 1. The first-order valence-corrected chi connectivity index (χ1v) is 8.62. The molecule has 0 bridgehead atoms. The van der Waals surface area contributed by atoms with Crippen molar-refractivity contribution in [3.05, 3.63) is 62.3 Å². The highest BCUT2D eigenvalue weighted by atomic mass is 32.1. The third-order valence-corrected chi connectivity index (χ3v) is 5.31. The average molecular weight is 330 g/mol. The maximum Gasteiger partial charge on any atom is 0.282 e. The number of amides is 1. The van der Waals surface area contributed by atoms with Gasteiger partial charge in [0, 0.05) is 10.9 Å². The quantitative estimate of drug-likeness (QED) is 0.655. The van der Waals surface area contributed by atoms with E-state index in [0.717, 1.165) is 17.7 Å². The summed E-state index contributed by atoms with van der Waals surface area (Å²) in [7, 11) is 0. The summed E-state index contributed by atoms with van der Waals surface area (Å²) in [6, 6.07) is 10.0. The number of carbonyl (C=O) groups is 1. The minimum Gasteiger partial charge on any atom is -0.344 e. The number of nitro groups is 1. The highest BCUT2D eigenvalue weighted by molar-refractivity contribution is 7.10. The summed E-state index contributed by atoms with van der Waals surface area (Å²) in [6.45, 7) is 0. The number of hydrogen-bond acceptors (Lipinski definition) is 4. The number of nitrogens with one attached hydrogen (secondary N) is 1. The minimum absolute atomic E-state index is 0.0650. The summed E-state index contributed by atoms with van der Waals surface area (Å²) in [6.07, 6.45) is 4.52. The number of thiophene rings is 1. The molecule has 1 aliphatic rings. The zero-order chi connectivity index (χ0) is 16.2. The molecule has 1 saturated carbocycles. The maximum atomic E-state index is 12.6. The van der Waals surface area contributed by atoms with Crippen molar-refractivity contribution in [1.29, 1.82) is 0 Å². The SMILES string of the molecule is O=C(N[C@H](c1cccs1)C1CCCC1)c1ccccc1[N+](=O)[O-]. The van der Waals surface area contributed by atoms with Crippen molar-refractivity contribution in [2.24, 2.45) is 5.92 Å². The lowest BCUT2D eigenvalue weighted by atomic mass is 9.96. The number of para-hydroxylation sites is 1. The predicted molar refractivity (Wildman–Crippen MR) is 89.6 cm³/mol. The van der Waals surface area contributed by atoms with Crippen LogP contribution in [0.15, 0.2) is 41.8 Å². The molecule has 1 N–H and O–H groups in total. The van der Waals surface area contributed by atoms with Crippen molar-refractivity contribution in [1.82, 2.24) is 5.32 Å². The molecule has 6 heteroatoms. The van der Waals surface area contributed by atoms with Gasteiger partial charge in [0.05, 0.1) is 11.0 Å². The zero-order valence-electron chi connectivity index (χ0n) is 12.6. The Morgan fingerprint density at radius 1 is 1.22 bits per heavy atom. The molecule has 2 aromatic rings. The summed E-state index contributed by atoms with van der Waals surface area (Å²) < 4.78 is 0. The number of rotatable bonds is 5. The Hall–Kier alpha value is -2.21. The molecule has 1 atom stereocenters. The highest BCUT2D eigenvalue weighted by Crippen LogP contribution is 2.37. The van der Waals surface area contributed by atoms with Crippen molar-refractivity contribution >= 4 is 22.9 Å². The monoisotopic (exact) mass is 330 g/mol. The molecule has 1 aromatic carbocycles. The van der Waals surface area contributed by atoms with Gasteiger partial charge >= 0.3 is 0 Å². The molecule has 0 aliphatic heterocycles. The molecule has 0 unspecified atom stereocenters. The molecule has 23 heavy (non-hydrogen) atoms. The average Bonchev–Trinajstić information content (AvgIpc) is 3.26. The number of nitro benzene ring substituents is 1. The van der Waals surface area contributed by atoms with E-state index >= 15 is 0 Å². The lowest BCUT2D eigenvalue weighted by Gasteiger charge is -2.23. The zero-order valence-corrected chi connectivity index (χ0v) is 13.4. The van der Waals surface area contributed by atoms with Gasteiger partial charge in [-0.3, -0.25) is 14.9 Å². The van der Waals surface area contributed by atoms with Crippen LogP contribution >= 0.6 is 11.3 Å². The van der Waals surface area contributed by atoms with Gasteiger partial charge in [0.1, 0.15) is 5.56 Å². The molecule has 5 nitrogen and oxygen atoms in total. The van der Waals surface area contributed by atoms with Crippen molar-refractivity contribution in [3.8, 4) is 0 Å². The van der Waals surface area contributed by atoms with Gasteiger partial charge < -0.3 is 5.32 Å². The topological polar surface area (TPSA) is 72.2 Å². The van der Waals surface area contributed by atoms with Gasteiger partial charge in [-0.15, -0.1) is 11.3 Å². The standard InChI is InChI=1S/C17H18N2O3S/c20-17(13-8-3-4-9-14(13)19(21)22)18-16(12-6-1-2-7-12)15-10-5-11-23-15/h3-5,8-12,16H,1-2,6-7H2,(H,18,20)/t16-/m0/s1. The van der Waals surface area contributed by atoms with Crippen molar-refractivity contribution in [2.45, 2.75) is 31.7 Å². The van der Waals surface area contributed by atoms with Gasteiger partial charge in [-0.25, -0.2) is 0 Å².